The number of imidazole rings is 1. The third-order valence-corrected chi connectivity index (χ3v) is 4.87. The Morgan fingerprint density at radius 1 is 1.38 bits per heavy atom. The van der Waals surface area contributed by atoms with E-state index in [9.17, 15) is 4.39 Å². The summed E-state index contributed by atoms with van der Waals surface area (Å²) in [5.74, 6) is 1.99. The molecule has 21 heavy (non-hydrogen) atoms. The van der Waals surface area contributed by atoms with Gasteiger partial charge in [0.15, 0.2) is 0 Å². The zero-order chi connectivity index (χ0) is 15.0. The topological polar surface area (TPSA) is 43.8 Å². The molecule has 1 aliphatic rings. The maximum atomic E-state index is 13.4. The molecule has 0 bridgehead atoms. The van der Waals surface area contributed by atoms with Crippen LogP contribution in [0.5, 0.6) is 0 Å². The summed E-state index contributed by atoms with van der Waals surface area (Å²) < 4.78 is 15.9. The summed E-state index contributed by atoms with van der Waals surface area (Å²) in [6, 6.07) is 4.92. The Labute approximate surface area is 132 Å². The predicted octanol–water partition coefficient (Wildman–Crippen LogP) is 4.71. The Morgan fingerprint density at radius 2 is 2.10 bits per heavy atom. The molecule has 1 saturated carbocycles. The van der Waals surface area contributed by atoms with E-state index >= 15 is 0 Å². The van der Waals surface area contributed by atoms with Crippen molar-refractivity contribution in [1.29, 1.82) is 0 Å². The van der Waals surface area contributed by atoms with Gasteiger partial charge in [0.05, 0.1) is 4.47 Å². The normalized spacial score (nSPS) is 15.8. The van der Waals surface area contributed by atoms with E-state index in [0.29, 0.717) is 16.2 Å². The number of benzene rings is 1. The Kier molecular flexibility index (Phi) is 4.02. The van der Waals surface area contributed by atoms with Gasteiger partial charge in [0.2, 0.25) is 0 Å². The van der Waals surface area contributed by atoms with Crippen molar-refractivity contribution in [3.63, 3.8) is 0 Å². The van der Waals surface area contributed by atoms with Crippen molar-refractivity contribution in [2.45, 2.75) is 45.1 Å². The molecule has 1 aliphatic carbocycles. The Morgan fingerprint density at radius 3 is 2.71 bits per heavy atom. The van der Waals surface area contributed by atoms with Gasteiger partial charge < -0.3 is 10.3 Å². The number of nitrogen functional groups attached to an aromatic ring is 1. The second kappa shape index (κ2) is 5.79. The minimum absolute atomic E-state index is 0.275. The molecule has 0 unspecified atom stereocenters. The number of hydrogen-bond donors (Lipinski definition) is 1. The number of rotatable bonds is 3. The highest BCUT2D eigenvalue weighted by Gasteiger charge is 2.25. The van der Waals surface area contributed by atoms with Crippen molar-refractivity contribution < 1.29 is 4.39 Å². The Hall–Kier alpha value is -1.36. The summed E-state index contributed by atoms with van der Waals surface area (Å²) in [7, 11) is 0. The summed E-state index contributed by atoms with van der Waals surface area (Å²) in [6.45, 7) is 2.90. The zero-order valence-corrected chi connectivity index (χ0v) is 13.7. The third kappa shape index (κ3) is 2.59. The first-order valence-electron chi connectivity index (χ1n) is 7.43. The van der Waals surface area contributed by atoms with E-state index in [1.54, 1.807) is 12.1 Å². The summed E-state index contributed by atoms with van der Waals surface area (Å²) >= 11 is 3.23. The highest BCUT2D eigenvalue weighted by Crippen LogP contribution is 2.38. The molecule has 0 spiro atoms. The van der Waals surface area contributed by atoms with Gasteiger partial charge in [-0.25, -0.2) is 9.37 Å². The summed E-state index contributed by atoms with van der Waals surface area (Å²) in [5, 5.41) is 0. The fourth-order valence-corrected chi connectivity index (χ4v) is 3.55. The van der Waals surface area contributed by atoms with Crippen LogP contribution in [-0.4, -0.2) is 9.55 Å². The Balaban J connectivity index is 2.08. The van der Waals surface area contributed by atoms with Crippen LogP contribution >= 0.6 is 15.9 Å². The van der Waals surface area contributed by atoms with Crippen LogP contribution in [0.2, 0.25) is 0 Å². The van der Waals surface area contributed by atoms with Crippen LogP contribution in [0.15, 0.2) is 22.7 Å². The number of aromatic nitrogens is 2. The molecule has 1 aromatic carbocycles. The molecule has 0 atom stereocenters. The highest BCUT2D eigenvalue weighted by molar-refractivity contribution is 9.10. The maximum Gasteiger partial charge on any atom is 0.137 e. The van der Waals surface area contributed by atoms with Crippen LogP contribution in [0.1, 0.15) is 44.3 Å². The van der Waals surface area contributed by atoms with E-state index in [4.69, 9.17) is 10.7 Å². The predicted molar refractivity (Wildman–Crippen MR) is 86.6 cm³/mol. The SMILES string of the molecule is CCn1c(C2CCCC2)nc(-c2ccc(F)c(Br)c2)c1N. The molecule has 0 amide bonds. The number of nitrogens with zero attached hydrogens (tertiary/aromatic N) is 2. The molecule has 0 radical (unpaired) electrons. The molecule has 1 heterocycles. The van der Waals surface area contributed by atoms with Gasteiger partial charge in [-0.2, -0.15) is 0 Å². The largest absolute Gasteiger partial charge is 0.383 e. The highest BCUT2D eigenvalue weighted by atomic mass is 79.9. The summed E-state index contributed by atoms with van der Waals surface area (Å²) in [5.41, 5.74) is 7.91. The van der Waals surface area contributed by atoms with Gasteiger partial charge in [-0.15, -0.1) is 0 Å². The molecule has 5 heteroatoms. The van der Waals surface area contributed by atoms with Gasteiger partial charge >= 0.3 is 0 Å². The lowest BCUT2D eigenvalue weighted by Gasteiger charge is -2.11. The van der Waals surface area contributed by atoms with Crippen LogP contribution in [0.4, 0.5) is 10.2 Å². The fourth-order valence-electron chi connectivity index (χ4n) is 3.17. The van der Waals surface area contributed by atoms with Gasteiger partial charge in [0.1, 0.15) is 23.2 Å². The van der Waals surface area contributed by atoms with Crippen LogP contribution in [0.3, 0.4) is 0 Å². The average Bonchev–Trinajstić information content (AvgIpc) is 3.09. The minimum Gasteiger partial charge on any atom is -0.383 e. The van der Waals surface area contributed by atoms with Crippen molar-refractivity contribution in [2.75, 3.05) is 5.73 Å². The standard InChI is InChI=1S/C16H19BrFN3/c1-2-21-15(19)14(11-7-8-13(18)12(17)9-11)20-16(21)10-5-3-4-6-10/h7-10H,2-6,19H2,1H3. The monoisotopic (exact) mass is 351 g/mol. The molecule has 3 nitrogen and oxygen atoms in total. The van der Waals surface area contributed by atoms with Crippen LogP contribution in [-0.2, 0) is 6.54 Å². The first-order chi connectivity index (χ1) is 10.1. The summed E-state index contributed by atoms with van der Waals surface area (Å²) in [4.78, 5) is 4.80. The number of anilines is 1. The van der Waals surface area contributed by atoms with E-state index in [1.165, 1.54) is 31.7 Å². The van der Waals surface area contributed by atoms with Crippen LogP contribution in [0, 0.1) is 5.82 Å². The average molecular weight is 352 g/mol. The van der Waals surface area contributed by atoms with Crippen LogP contribution < -0.4 is 5.73 Å². The molecule has 2 N–H and O–H groups in total. The quantitative estimate of drug-likeness (QED) is 0.869. The molecule has 2 aromatic rings. The van der Waals surface area contributed by atoms with E-state index in [0.717, 1.165) is 23.6 Å². The first-order valence-corrected chi connectivity index (χ1v) is 8.22. The molecule has 112 valence electrons. The number of hydrogen-bond acceptors (Lipinski definition) is 2. The van der Waals surface area contributed by atoms with Gasteiger partial charge in [-0.3, -0.25) is 0 Å². The van der Waals surface area contributed by atoms with E-state index in [-0.39, 0.29) is 5.82 Å². The molecule has 0 saturated heterocycles. The van der Waals surface area contributed by atoms with E-state index in [1.807, 2.05) is 0 Å². The minimum atomic E-state index is -0.275. The molecule has 1 fully saturated rings. The van der Waals surface area contributed by atoms with Crippen molar-refractivity contribution in [2.24, 2.45) is 0 Å². The van der Waals surface area contributed by atoms with Crippen molar-refractivity contribution in [3.8, 4) is 11.3 Å². The zero-order valence-electron chi connectivity index (χ0n) is 12.1. The molecular weight excluding hydrogens is 333 g/mol. The second-order valence-electron chi connectivity index (χ2n) is 5.56. The second-order valence-corrected chi connectivity index (χ2v) is 6.41. The maximum absolute atomic E-state index is 13.4. The third-order valence-electron chi connectivity index (χ3n) is 4.27. The lowest BCUT2D eigenvalue weighted by atomic mass is 10.1. The fraction of sp³-hybridized carbons (Fsp3) is 0.438. The molecule has 1 aromatic heterocycles. The van der Waals surface area contributed by atoms with Gasteiger partial charge in [0.25, 0.3) is 0 Å². The van der Waals surface area contributed by atoms with E-state index < -0.39 is 0 Å². The number of halogens is 2. The van der Waals surface area contributed by atoms with E-state index in [2.05, 4.69) is 27.4 Å². The Bertz CT molecular complexity index is 660. The van der Waals surface area contributed by atoms with Crippen LogP contribution in [0.25, 0.3) is 11.3 Å². The van der Waals surface area contributed by atoms with Gasteiger partial charge in [0, 0.05) is 18.0 Å². The van der Waals surface area contributed by atoms with Crippen molar-refractivity contribution >= 4 is 21.7 Å². The summed E-state index contributed by atoms with van der Waals surface area (Å²) in [6.07, 6.45) is 4.89. The molecular formula is C16H19BrFN3. The molecule has 3 rings (SSSR count). The van der Waals surface area contributed by atoms with Gasteiger partial charge in [-0.05, 0) is 53.9 Å². The lowest BCUT2D eigenvalue weighted by molar-refractivity contribution is 0.604. The first kappa shape index (κ1) is 14.6. The lowest BCUT2D eigenvalue weighted by Crippen LogP contribution is -2.08. The smallest absolute Gasteiger partial charge is 0.137 e. The molecule has 0 aliphatic heterocycles. The van der Waals surface area contributed by atoms with Gasteiger partial charge in [-0.1, -0.05) is 12.8 Å². The van der Waals surface area contributed by atoms with Crippen molar-refractivity contribution in [1.82, 2.24) is 9.55 Å². The number of nitrogens with two attached hydrogens (primary N) is 1. The van der Waals surface area contributed by atoms with Crippen molar-refractivity contribution in [3.05, 3.63) is 34.3 Å².